The Morgan fingerprint density at radius 3 is 2.69 bits per heavy atom. The Hall–Kier alpha value is -1.87. The molecule has 0 aromatic heterocycles. The van der Waals surface area contributed by atoms with Gasteiger partial charge in [-0.15, -0.1) is 0 Å². The van der Waals surface area contributed by atoms with Crippen LogP contribution >= 0.6 is 23.2 Å². The molecule has 0 fully saturated rings. The van der Waals surface area contributed by atoms with Gasteiger partial charge in [0.25, 0.3) is 0 Å². The van der Waals surface area contributed by atoms with Crippen LogP contribution in [0, 0.1) is 5.82 Å². The third-order valence-corrected chi connectivity index (χ3v) is 7.43. The zero-order valence-electron chi connectivity index (χ0n) is 15.4. The molecule has 1 aliphatic carbocycles. The highest BCUT2D eigenvalue weighted by Gasteiger charge is 2.35. The molecule has 0 spiro atoms. The Morgan fingerprint density at radius 1 is 1.31 bits per heavy atom. The predicted molar refractivity (Wildman–Crippen MR) is 107 cm³/mol. The maximum absolute atomic E-state index is 14.3. The Morgan fingerprint density at radius 2 is 2.03 bits per heavy atom. The van der Waals surface area contributed by atoms with Crippen LogP contribution < -0.4 is 4.74 Å². The number of rotatable bonds is 6. The summed E-state index contributed by atoms with van der Waals surface area (Å²) in [6, 6.07) is 6.22. The van der Waals surface area contributed by atoms with Gasteiger partial charge < -0.3 is 9.84 Å². The minimum absolute atomic E-state index is 0.00460. The van der Waals surface area contributed by atoms with Crippen molar-refractivity contribution in [3.8, 4) is 5.75 Å². The molecule has 2 aromatic carbocycles. The molecule has 1 aliphatic rings. The summed E-state index contributed by atoms with van der Waals surface area (Å²) in [6.07, 6.45) is 1.55. The van der Waals surface area contributed by atoms with Gasteiger partial charge in [0.15, 0.2) is 18.2 Å². The number of aliphatic carboxylic acids is 1. The highest BCUT2D eigenvalue weighted by Crippen LogP contribution is 2.41. The number of sulfonamides is 1. The molecule has 1 atom stereocenters. The Labute approximate surface area is 177 Å². The fourth-order valence-corrected chi connectivity index (χ4v) is 5.60. The summed E-state index contributed by atoms with van der Waals surface area (Å²) < 4.78 is 46.9. The number of carboxylic acids is 1. The predicted octanol–water partition coefficient (Wildman–Crippen LogP) is 4.29. The summed E-state index contributed by atoms with van der Waals surface area (Å²) in [4.78, 5) is 10.7. The van der Waals surface area contributed by atoms with Crippen LogP contribution in [-0.2, 0) is 21.2 Å². The number of carboxylic acid groups (broad SMARTS) is 1. The van der Waals surface area contributed by atoms with E-state index in [1.54, 1.807) is 0 Å². The van der Waals surface area contributed by atoms with E-state index >= 15 is 0 Å². The van der Waals surface area contributed by atoms with Gasteiger partial charge in [-0.05, 0) is 49.1 Å². The van der Waals surface area contributed by atoms with Crippen molar-refractivity contribution in [3.05, 3.63) is 57.3 Å². The van der Waals surface area contributed by atoms with Gasteiger partial charge in [0.05, 0.1) is 11.1 Å². The molecule has 2 aromatic rings. The van der Waals surface area contributed by atoms with Crippen molar-refractivity contribution in [3.63, 3.8) is 0 Å². The van der Waals surface area contributed by atoms with E-state index in [0.29, 0.717) is 35.4 Å². The van der Waals surface area contributed by atoms with Gasteiger partial charge in [-0.2, -0.15) is 4.31 Å². The summed E-state index contributed by atoms with van der Waals surface area (Å²) >= 11 is 12.0. The second kappa shape index (κ2) is 8.47. The van der Waals surface area contributed by atoms with Crippen LogP contribution in [0.4, 0.5) is 4.39 Å². The Balaban J connectivity index is 2.01. The standard InChI is InChI=1S/C19H18Cl2FNO5S/c1-23(29(26,27)17-8-5-11(20)9-14(17)21)16-4-2-3-13-12(16)6-7-15(22)19(13)28-10-18(24)25/h5-9,16H,2-4,10H2,1H3,(H,24,25). The molecule has 1 N–H and O–H groups in total. The summed E-state index contributed by atoms with van der Waals surface area (Å²) in [5, 5.41) is 9.15. The van der Waals surface area contributed by atoms with E-state index in [0.717, 1.165) is 6.07 Å². The first-order chi connectivity index (χ1) is 13.6. The number of nitrogens with zero attached hydrogens (tertiary/aromatic N) is 1. The fraction of sp³-hybridized carbons (Fsp3) is 0.316. The lowest BCUT2D eigenvalue weighted by atomic mass is 9.87. The zero-order valence-corrected chi connectivity index (χ0v) is 17.7. The summed E-state index contributed by atoms with van der Waals surface area (Å²) in [7, 11) is -2.53. The molecular weight excluding hydrogens is 444 g/mol. The lowest BCUT2D eigenvalue weighted by Gasteiger charge is -2.33. The maximum atomic E-state index is 14.3. The molecule has 0 aliphatic heterocycles. The average Bonchev–Trinajstić information content (AvgIpc) is 2.65. The number of hydrogen-bond acceptors (Lipinski definition) is 4. The van der Waals surface area contributed by atoms with Crippen LogP contribution in [0.5, 0.6) is 5.75 Å². The van der Waals surface area contributed by atoms with E-state index in [2.05, 4.69) is 0 Å². The monoisotopic (exact) mass is 461 g/mol. The molecule has 3 rings (SSSR count). The maximum Gasteiger partial charge on any atom is 0.341 e. The molecular formula is C19H18Cl2FNO5S. The molecule has 156 valence electrons. The van der Waals surface area contributed by atoms with Gasteiger partial charge in [-0.25, -0.2) is 17.6 Å². The summed E-state index contributed by atoms with van der Waals surface area (Å²) in [5.74, 6) is -2.06. The molecule has 10 heteroatoms. The van der Waals surface area contributed by atoms with E-state index in [-0.39, 0.29) is 15.7 Å². The molecule has 0 saturated heterocycles. The van der Waals surface area contributed by atoms with Crippen LogP contribution in [0.2, 0.25) is 10.0 Å². The lowest BCUT2D eigenvalue weighted by Crippen LogP contribution is -2.33. The van der Waals surface area contributed by atoms with Crippen molar-refractivity contribution in [1.29, 1.82) is 0 Å². The smallest absolute Gasteiger partial charge is 0.341 e. The summed E-state index contributed by atoms with van der Waals surface area (Å²) in [5.41, 5.74) is 1.06. The Kier molecular flexibility index (Phi) is 6.38. The van der Waals surface area contributed by atoms with Crippen LogP contribution in [0.25, 0.3) is 0 Å². The topological polar surface area (TPSA) is 83.9 Å². The first-order valence-electron chi connectivity index (χ1n) is 8.72. The van der Waals surface area contributed by atoms with Crippen molar-refractivity contribution in [2.45, 2.75) is 30.2 Å². The highest BCUT2D eigenvalue weighted by molar-refractivity contribution is 7.89. The highest BCUT2D eigenvalue weighted by atomic mass is 35.5. The van der Waals surface area contributed by atoms with Gasteiger partial charge in [-0.1, -0.05) is 29.3 Å². The number of hydrogen-bond donors (Lipinski definition) is 1. The third-order valence-electron chi connectivity index (χ3n) is 4.84. The first kappa shape index (κ1) is 21.8. The Bertz CT molecular complexity index is 1060. The zero-order chi connectivity index (χ0) is 21.3. The van der Waals surface area contributed by atoms with Gasteiger partial charge in [0, 0.05) is 17.6 Å². The van der Waals surface area contributed by atoms with Crippen molar-refractivity contribution < 1.29 is 27.4 Å². The first-order valence-corrected chi connectivity index (χ1v) is 10.9. The van der Waals surface area contributed by atoms with Gasteiger partial charge in [-0.3, -0.25) is 0 Å². The van der Waals surface area contributed by atoms with Gasteiger partial charge in [0.1, 0.15) is 4.90 Å². The van der Waals surface area contributed by atoms with E-state index in [1.807, 2.05) is 0 Å². The second-order valence-corrected chi connectivity index (χ2v) is 9.44. The average molecular weight is 462 g/mol. The molecule has 29 heavy (non-hydrogen) atoms. The largest absolute Gasteiger partial charge is 0.479 e. The van der Waals surface area contributed by atoms with Crippen molar-refractivity contribution in [2.24, 2.45) is 0 Å². The van der Waals surface area contributed by atoms with Crippen LogP contribution in [0.15, 0.2) is 35.2 Å². The van der Waals surface area contributed by atoms with Crippen LogP contribution in [0.3, 0.4) is 0 Å². The molecule has 0 heterocycles. The van der Waals surface area contributed by atoms with Crippen LogP contribution in [0.1, 0.15) is 30.0 Å². The fourth-order valence-electron chi connectivity index (χ4n) is 3.49. The van der Waals surface area contributed by atoms with Crippen LogP contribution in [-0.4, -0.2) is 37.5 Å². The molecule has 0 amide bonds. The number of benzene rings is 2. The van der Waals surface area contributed by atoms with Crippen molar-refractivity contribution in [1.82, 2.24) is 4.31 Å². The number of halogens is 3. The molecule has 0 bridgehead atoms. The second-order valence-electron chi connectivity index (χ2n) is 6.63. The molecule has 6 nitrogen and oxygen atoms in total. The van der Waals surface area contributed by atoms with Gasteiger partial charge in [0.2, 0.25) is 10.0 Å². The normalized spacial score (nSPS) is 16.5. The van der Waals surface area contributed by atoms with Crippen molar-refractivity contribution >= 4 is 39.2 Å². The number of fused-ring (bicyclic) bond motifs is 1. The number of carbonyl (C=O) groups is 1. The molecule has 0 saturated carbocycles. The van der Waals surface area contributed by atoms with E-state index in [9.17, 15) is 17.6 Å². The number of ether oxygens (including phenoxy) is 1. The minimum atomic E-state index is -3.96. The SMILES string of the molecule is CN(C1CCCc2c1ccc(F)c2OCC(=O)O)S(=O)(=O)c1ccc(Cl)cc1Cl. The lowest BCUT2D eigenvalue weighted by molar-refractivity contribution is -0.139. The van der Waals surface area contributed by atoms with E-state index < -0.39 is 34.5 Å². The van der Waals surface area contributed by atoms with Gasteiger partial charge >= 0.3 is 5.97 Å². The summed E-state index contributed by atoms with van der Waals surface area (Å²) in [6.45, 7) is -0.688. The molecule has 1 unspecified atom stereocenters. The van der Waals surface area contributed by atoms with E-state index in [1.165, 1.54) is 35.6 Å². The minimum Gasteiger partial charge on any atom is -0.479 e. The van der Waals surface area contributed by atoms with Crippen molar-refractivity contribution in [2.75, 3.05) is 13.7 Å². The quantitative estimate of drug-likeness (QED) is 0.693. The third kappa shape index (κ3) is 4.35. The van der Waals surface area contributed by atoms with E-state index in [4.69, 9.17) is 33.0 Å². The molecule has 0 radical (unpaired) electrons.